The van der Waals surface area contributed by atoms with Gasteiger partial charge < -0.3 is 9.14 Å². The molecule has 160 valence electrons. The monoisotopic (exact) mass is 445 g/mol. The third-order valence-electron chi connectivity index (χ3n) is 4.91. The maximum Gasteiger partial charge on any atom is 0.196 e. The van der Waals surface area contributed by atoms with Gasteiger partial charge in [0.1, 0.15) is 12.3 Å². The summed E-state index contributed by atoms with van der Waals surface area (Å²) in [4.78, 5) is 4.68. The lowest BCUT2D eigenvalue weighted by atomic mass is 10.3. The van der Waals surface area contributed by atoms with Crippen molar-refractivity contribution in [3.05, 3.63) is 102 Å². The molecule has 0 saturated carbocycles. The predicted molar refractivity (Wildman–Crippen MR) is 122 cm³/mol. The van der Waals surface area contributed by atoms with Crippen molar-refractivity contribution in [3.8, 4) is 11.4 Å². The second kappa shape index (κ2) is 8.84. The average Bonchev–Trinajstić information content (AvgIpc) is 3.40. The van der Waals surface area contributed by atoms with Gasteiger partial charge in [0.15, 0.2) is 22.5 Å². The molecule has 0 saturated heterocycles. The number of imidazole rings is 1. The number of thioether (sulfide) groups is 1. The molecule has 0 spiro atoms. The van der Waals surface area contributed by atoms with Gasteiger partial charge in [-0.05, 0) is 42.8 Å². The zero-order valence-electron chi connectivity index (χ0n) is 17.4. The normalized spacial score (nSPS) is 11.2. The molecule has 0 unspecified atom stereocenters. The second-order valence-electron chi connectivity index (χ2n) is 7.28. The van der Waals surface area contributed by atoms with Crippen LogP contribution in [0.5, 0.6) is 5.75 Å². The van der Waals surface area contributed by atoms with Crippen LogP contribution < -0.4 is 4.74 Å². The van der Waals surface area contributed by atoms with Crippen LogP contribution in [0.4, 0.5) is 4.39 Å². The lowest BCUT2D eigenvalue weighted by Crippen LogP contribution is -2.07. The quantitative estimate of drug-likeness (QED) is 0.321. The molecule has 5 rings (SSSR count). The minimum absolute atomic E-state index is 0.0943. The van der Waals surface area contributed by atoms with E-state index in [0.717, 1.165) is 22.2 Å². The molecule has 6 nitrogen and oxygen atoms in total. The first-order valence-corrected chi connectivity index (χ1v) is 11.1. The second-order valence-corrected chi connectivity index (χ2v) is 8.22. The molecule has 0 N–H and O–H groups in total. The summed E-state index contributed by atoms with van der Waals surface area (Å²) in [5.74, 6) is 1.01. The lowest BCUT2D eigenvalue weighted by Gasteiger charge is -2.11. The van der Waals surface area contributed by atoms with Gasteiger partial charge in [-0.1, -0.05) is 48.2 Å². The fraction of sp³-hybridized carbons (Fsp3) is 0.125. The minimum Gasteiger partial charge on any atom is -0.483 e. The van der Waals surface area contributed by atoms with Gasteiger partial charge in [-0.15, -0.1) is 10.2 Å². The summed E-state index contributed by atoms with van der Waals surface area (Å²) < 4.78 is 23.6. The molecular weight excluding hydrogens is 425 g/mol. The van der Waals surface area contributed by atoms with Crippen LogP contribution in [0.25, 0.3) is 11.3 Å². The van der Waals surface area contributed by atoms with Crippen LogP contribution in [0.2, 0.25) is 0 Å². The van der Waals surface area contributed by atoms with Crippen molar-refractivity contribution in [1.29, 1.82) is 0 Å². The molecule has 8 heteroatoms. The Labute approximate surface area is 188 Å². The summed E-state index contributed by atoms with van der Waals surface area (Å²) in [7, 11) is 0. The van der Waals surface area contributed by atoms with Crippen molar-refractivity contribution in [1.82, 2.24) is 24.1 Å². The van der Waals surface area contributed by atoms with Crippen molar-refractivity contribution in [2.24, 2.45) is 0 Å². The number of fused-ring (bicyclic) bond motifs is 1. The van der Waals surface area contributed by atoms with Crippen LogP contribution in [-0.4, -0.2) is 24.1 Å². The summed E-state index contributed by atoms with van der Waals surface area (Å²) in [5, 5.41) is 9.42. The number of benzene rings is 2. The molecule has 0 fully saturated rings. The van der Waals surface area contributed by atoms with Gasteiger partial charge in [0.2, 0.25) is 0 Å². The molecule has 2 aromatic carbocycles. The van der Waals surface area contributed by atoms with Crippen LogP contribution in [-0.2, 0) is 12.4 Å². The number of pyridine rings is 1. The highest BCUT2D eigenvalue weighted by Crippen LogP contribution is 2.26. The number of hydrogen-bond donors (Lipinski definition) is 0. The van der Waals surface area contributed by atoms with E-state index in [1.807, 2.05) is 57.6 Å². The van der Waals surface area contributed by atoms with Crippen LogP contribution in [0.3, 0.4) is 0 Å². The van der Waals surface area contributed by atoms with Crippen molar-refractivity contribution in [3.63, 3.8) is 0 Å². The van der Waals surface area contributed by atoms with E-state index in [1.54, 1.807) is 30.0 Å². The fourth-order valence-corrected chi connectivity index (χ4v) is 4.25. The van der Waals surface area contributed by atoms with E-state index in [2.05, 4.69) is 28.3 Å². The first-order chi connectivity index (χ1) is 15.7. The molecule has 5 aromatic rings. The summed E-state index contributed by atoms with van der Waals surface area (Å²) >= 11 is 1.54. The summed E-state index contributed by atoms with van der Waals surface area (Å²) in [6.45, 7) is 2.15. The molecule has 0 amide bonds. The topological polar surface area (TPSA) is 57.2 Å². The highest BCUT2D eigenvalue weighted by atomic mass is 32.2. The van der Waals surface area contributed by atoms with E-state index in [0.29, 0.717) is 11.6 Å². The van der Waals surface area contributed by atoms with Gasteiger partial charge >= 0.3 is 0 Å². The number of ether oxygens (including phenoxy) is 1. The molecule has 0 aliphatic carbocycles. The smallest absolute Gasteiger partial charge is 0.196 e. The average molecular weight is 446 g/mol. The minimum atomic E-state index is -0.407. The first kappa shape index (κ1) is 20.3. The van der Waals surface area contributed by atoms with Gasteiger partial charge in [-0.2, -0.15) is 0 Å². The SMILES string of the molecule is Cc1ccc2nc(CSc3nnc(COc4ccccc4F)n3-c3ccccc3)cn2c1. The summed E-state index contributed by atoms with van der Waals surface area (Å²) in [6.07, 6.45) is 4.09. The number of aromatic nitrogens is 5. The zero-order valence-corrected chi connectivity index (χ0v) is 18.2. The van der Waals surface area contributed by atoms with E-state index in [4.69, 9.17) is 4.74 Å². The maximum atomic E-state index is 14.0. The van der Waals surface area contributed by atoms with Gasteiger partial charge in [0, 0.05) is 23.8 Å². The largest absolute Gasteiger partial charge is 0.483 e. The number of halogens is 1. The van der Waals surface area contributed by atoms with E-state index >= 15 is 0 Å². The van der Waals surface area contributed by atoms with E-state index in [9.17, 15) is 4.39 Å². The third-order valence-corrected chi connectivity index (χ3v) is 5.87. The molecule has 3 heterocycles. The Bertz CT molecular complexity index is 1370. The van der Waals surface area contributed by atoms with Gasteiger partial charge in [-0.25, -0.2) is 9.37 Å². The third kappa shape index (κ3) is 4.22. The summed E-state index contributed by atoms with van der Waals surface area (Å²) in [6, 6.07) is 20.2. The van der Waals surface area contributed by atoms with Gasteiger partial charge in [0.25, 0.3) is 0 Å². The Kier molecular flexibility index (Phi) is 5.60. The fourth-order valence-electron chi connectivity index (χ4n) is 3.39. The Hall–Kier alpha value is -3.65. The number of aryl methyl sites for hydroxylation is 1. The highest BCUT2D eigenvalue weighted by Gasteiger charge is 2.16. The van der Waals surface area contributed by atoms with Crippen LogP contribution >= 0.6 is 11.8 Å². The van der Waals surface area contributed by atoms with Gasteiger partial charge in [-0.3, -0.25) is 4.57 Å². The molecule has 32 heavy (non-hydrogen) atoms. The van der Waals surface area contributed by atoms with Crippen molar-refractivity contribution < 1.29 is 9.13 Å². The van der Waals surface area contributed by atoms with Crippen molar-refractivity contribution >= 4 is 17.4 Å². The first-order valence-electron chi connectivity index (χ1n) is 10.1. The number of nitrogens with zero attached hydrogens (tertiary/aromatic N) is 5. The predicted octanol–water partition coefficient (Wildman–Crippen LogP) is 5.23. The highest BCUT2D eigenvalue weighted by molar-refractivity contribution is 7.98. The number of hydrogen-bond acceptors (Lipinski definition) is 5. The Balaban J connectivity index is 1.40. The summed E-state index contributed by atoms with van der Waals surface area (Å²) in [5.41, 5.74) is 3.96. The Morgan fingerprint density at radius 1 is 0.938 bits per heavy atom. The molecule has 0 aliphatic heterocycles. The zero-order chi connectivity index (χ0) is 21.9. The van der Waals surface area contributed by atoms with Crippen molar-refractivity contribution in [2.45, 2.75) is 24.4 Å². The van der Waals surface area contributed by atoms with E-state index < -0.39 is 5.82 Å². The van der Waals surface area contributed by atoms with Crippen LogP contribution in [0, 0.1) is 12.7 Å². The molecule has 3 aromatic heterocycles. The van der Waals surface area contributed by atoms with E-state index in [1.165, 1.54) is 11.6 Å². The maximum absolute atomic E-state index is 14.0. The molecule has 0 bridgehead atoms. The molecular formula is C24H20FN5OS. The molecule has 0 atom stereocenters. The molecule has 0 radical (unpaired) electrons. The van der Waals surface area contributed by atoms with Crippen LogP contribution in [0.15, 0.2) is 84.3 Å². The van der Waals surface area contributed by atoms with Crippen molar-refractivity contribution in [2.75, 3.05) is 0 Å². The Morgan fingerprint density at radius 3 is 2.59 bits per heavy atom. The van der Waals surface area contributed by atoms with E-state index in [-0.39, 0.29) is 12.4 Å². The lowest BCUT2D eigenvalue weighted by molar-refractivity contribution is 0.278. The van der Waals surface area contributed by atoms with Crippen LogP contribution in [0.1, 0.15) is 17.1 Å². The Morgan fingerprint density at radius 2 is 1.75 bits per heavy atom. The molecule has 0 aliphatic rings. The van der Waals surface area contributed by atoms with Gasteiger partial charge in [0.05, 0.1) is 5.69 Å². The standard InChI is InChI=1S/C24H20FN5OS/c1-17-11-12-22-26-18(14-29(22)13-17)16-32-24-28-27-23(30(24)19-7-3-2-4-8-19)15-31-21-10-6-5-9-20(21)25/h2-14H,15-16H2,1H3. The number of rotatable bonds is 7. The number of para-hydroxylation sites is 2.